The number of alkyl halides is 4. The van der Waals surface area contributed by atoms with Gasteiger partial charge in [-0.15, -0.1) is 0 Å². The van der Waals surface area contributed by atoms with Crippen molar-refractivity contribution in [3.05, 3.63) is 53.7 Å². The molecule has 0 radical (unpaired) electrons. The molecule has 0 saturated heterocycles. The first-order valence-electron chi connectivity index (χ1n) is 5.21. The third-order valence-electron chi connectivity index (χ3n) is 2.48. The number of benzene rings is 1. The first kappa shape index (κ1) is 13.1. The Balaban J connectivity index is 2.49. The minimum Gasteiger partial charge on any atom is -0.251 e. The van der Waals surface area contributed by atoms with E-state index in [1.165, 1.54) is 6.07 Å². The Hall–Kier alpha value is -1.36. The van der Waals surface area contributed by atoms with Crippen LogP contribution in [0.2, 0.25) is 0 Å². The lowest BCUT2D eigenvalue weighted by atomic mass is 10.1. The van der Waals surface area contributed by atoms with Gasteiger partial charge in [-0.3, -0.25) is 4.98 Å². The van der Waals surface area contributed by atoms with Gasteiger partial charge in [0.1, 0.15) is 0 Å². The minimum atomic E-state index is -4.37. The highest BCUT2D eigenvalue weighted by molar-refractivity contribution is 9.08. The number of hydrogen-bond donors (Lipinski definition) is 0. The van der Waals surface area contributed by atoms with E-state index in [1.807, 2.05) is 30.3 Å². The molecule has 18 heavy (non-hydrogen) atoms. The van der Waals surface area contributed by atoms with E-state index in [4.69, 9.17) is 0 Å². The van der Waals surface area contributed by atoms with E-state index in [0.717, 1.165) is 11.6 Å². The van der Waals surface area contributed by atoms with E-state index in [9.17, 15) is 13.2 Å². The molecule has 0 aliphatic rings. The van der Waals surface area contributed by atoms with Crippen LogP contribution in [0.4, 0.5) is 13.2 Å². The van der Waals surface area contributed by atoms with Crippen LogP contribution in [0, 0.1) is 0 Å². The van der Waals surface area contributed by atoms with Crippen molar-refractivity contribution in [3.8, 4) is 11.3 Å². The zero-order valence-electron chi connectivity index (χ0n) is 9.21. The Morgan fingerprint density at radius 2 is 1.67 bits per heavy atom. The van der Waals surface area contributed by atoms with Gasteiger partial charge >= 0.3 is 6.18 Å². The first-order chi connectivity index (χ1) is 8.52. The van der Waals surface area contributed by atoms with Crippen molar-refractivity contribution in [1.82, 2.24) is 4.98 Å². The van der Waals surface area contributed by atoms with Crippen LogP contribution >= 0.6 is 15.9 Å². The van der Waals surface area contributed by atoms with Crippen LogP contribution in [0.3, 0.4) is 0 Å². The molecule has 5 heteroatoms. The Kier molecular flexibility index (Phi) is 3.71. The van der Waals surface area contributed by atoms with Gasteiger partial charge in [-0.05, 0) is 12.1 Å². The van der Waals surface area contributed by atoms with Crippen LogP contribution in [0.1, 0.15) is 11.3 Å². The topological polar surface area (TPSA) is 12.9 Å². The second-order valence-corrected chi connectivity index (χ2v) is 4.25. The second-order valence-electron chi connectivity index (χ2n) is 3.69. The molecule has 1 nitrogen and oxygen atoms in total. The number of pyridine rings is 1. The van der Waals surface area contributed by atoms with E-state index in [2.05, 4.69) is 20.9 Å². The van der Waals surface area contributed by atoms with E-state index in [0.29, 0.717) is 5.69 Å². The second kappa shape index (κ2) is 5.10. The maximum absolute atomic E-state index is 12.7. The fourth-order valence-electron chi connectivity index (χ4n) is 1.63. The number of hydrogen-bond acceptors (Lipinski definition) is 1. The number of aromatic nitrogens is 1. The van der Waals surface area contributed by atoms with Gasteiger partial charge in [0.25, 0.3) is 0 Å². The van der Waals surface area contributed by atoms with Crippen molar-refractivity contribution in [1.29, 1.82) is 0 Å². The molecule has 0 spiro atoms. The van der Waals surface area contributed by atoms with Crippen molar-refractivity contribution in [2.24, 2.45) is 0 Å². The van der Waals surface area contributed by atoms with E-state index in [1.54, 1.807) is 0 Å². The van der Waals surface area contributed by atoms with Crippen LogP contribution in [-0.2, 0) is 11.5 Å². The molecule has 2 aromatic rings. The van der Waals surface area contributed by atoms with Crippen molar-refractivity contribution in [3.63, 3.8) is 0 Å². The van der Waals surface area contributed by atoms with Gasteiger partial charge in [-0.25, -0.2) is 0 Å². The van der Waals surface area contributed by atoms with E-state index < -0.39 is 11.7 Å². The molecule has 94 valence electrons. The third-order valence-corrected chi connectivity index (χ3v) is 3.01. The SMILES string of the molecule is FC(F)(F)c1ccc(-c2ccccc2)nc1CBr. The number of halogens is 4. The van der Waals surface area contributed by atoms with Crippen LogP contribution in [-0.4, -0.2) is 4.98 Å². The molecule has 1 heterocycles. The van der Waals surface area contributed by atoms with Gasteiger partial charge in [-0.1, -0.05) is 46.3 Å². The maximum atomic E-state index is 12.7. The molecule has 0 unspecified atom stereocenters. The molecule has 2 rings (SSSR count). The number of nitrogens with zero attached hydrogens (tertiary/aromatic N) is 1. The first-order valence-corrected chi connectivity index (χ1v) is 6.33. The van der Waals surface area contributed by atoms with Crippen molar-refractivity contribution >= 4 is 15.9 Å². The Morgan fingerprint density at radius 1 is 1.00 bits per heavy atom. The molecular formula is C13H9BrF3N. The molecule has 0 aliphatic carbocycles. The average molecular weight is 316 g/mol. The molecule has 0 aliphatic heterocycles. The smallest absolute Gasteiger partial charge is 0.251 e. The summed E-state index contributed by atoms with van der Waals surface area (Å²) in [7, 11) is 0. The predicted octanol–water partition coefficient (Wildman–Crippen LogP) is 4.66. The average Bonchev–Trinajstić information content (AvgIpc) is 2.38. The molecule has 0 amide bonds. The summed E-state index contributed by atoms with van der Waals surface area (Å²) in [5.41, 5.74) is 0.648. The monoisotopic (exact) mass is 315 g/mol. The lowest BCUT2D eigenvalue weighted by molar-refractivity contribution is -0.138. The van der Waals surface area contributed by atoms with Gasteiger partial charge in [0.05, 0.1) is 17.0 Å². The lowest BCUT2D eigenvalue weighted by Crippen LogP contribution is -2.10. The van der Waals surface area contributed by atoms with Crippen LogP contribution in [0.5, 0.6) is 0 Å². The largest absolute Gasteiger partial charge is 0.418 e. The predicted molar refractivity (Wildman–Crippen MR) is 67.3 cm³/mol. The van der Waals surface area contributed by atoms with Gasteiger partial charge in [0.2, 0.25) is 0 Å². The minimum absolute atomic E-state index is 0.00357. The third kappa shape index (κ3) is 2.72. The Morgan fingerprint density at radius 3 is 2.22 bits per heavy atom. The Bertz CT molecular complexity index is 538. The summed E-state index contributed by atoms with van der Waals surface area (Å²) in [6, 6.07) is 11.6. The van der Waals surface area contributed by atoms with Crippen LogP contribution < -0.4 is 0 Å². The quantitative estimate of drug-likeness (QED) is 0.734. The van der Waals surface area contributed by atoms with Gasteiger partial charge < -0.3 is 0 Å². The molecule has 1 aromatic heterocycles. The molecule has 0 atom stereocenters. The standard InChI is InChI=1S/C13H9BrF3N/c14-8-12-10(13(15,16)17)6-7-11(18-12)9-4-2-1-3-5-9/h1-7H,8H2. The summed E-state index contributed by atoms with van der Waals surface area (Å²) in [4.78, 5) is 4.06. The number of rotatable bonds is 2. The van der Waals surface area contributed by atoms with Gasteiger partial charge in [0, 0.05) is 10.9 Å². The lowest BCUT2D eigenvalue weighted by Gasteiger charge is -2.12. The zero-order valence-corrected chi connectivity index (χ0v) is 10.8. The fourth-order valence-corrected chi connectivity index (χ4v) is 2.06. The zero-order chi connectivity index (χ0) is 13.2. The van der Waals surface area contributed by atoms with Crippen LogP contribution in [0.25, 0.3) is 11.3 Å². The summed E-state index contributed by atoms with van der Waals surface area (Å²) < 4.78 is 38.1. The molecule has 1 aromatic carbocycles. The van der Waals surface area contributed by atoms with E-state index in [-0.39, 0.29) is 11.0 Å². The fraction of sp³-hybridized carbons (Fsp3) is 0.154. The normalized spacial score (nSPS) is 11.6. The maximum Gasteiger partial charge on any atom is 0.418 e. The molecular weight excluding hydrogens is 307 g/mol. The van der Waals surface area contributed by atoms with E-state index >= 15 is 0 Å². The van der Waals surface area contributed by atoms with Crippen molar-refractivity contribution < 1.29 is 13.2 Å². The highest BCUT2D eigenvalue weighted by atomic mass is 79.9. The van der Waals surface area contributed by atoms with Crippen molar-refractivity contribution in [2.45, 2.75) is 11.5 Å². The highest BCUT2D eigenvalue weighted by Gasteiger charge is 2.33. The molecule has 0 saturated carbocycles. The summed E-state index contributed by atoms with van der Waals surface area (Å²) >= 11 is 3.05. The van der Waals surface area contributed by atoms with Crippen LogP contribution in [0.15, 0.2) is 42.5 Å². The summed E-state index contributed by atoms with van der Waals surface area (Å²) in [6.07, 6.45) is -4.37. The molecule has 0 bridgehead atoms. The highest BCUT2D eigenvalue weighted by Crippen LogP contribution is 2.33. The van der Waals surface area contributed by atoms with Gasteiger partial charge in [0.15, 0.2) is 0 Å². The Labute approximate surface area is 111 Å². The molecule has 0 N–H and O–H groups in total. The summed E-state index contributed by atoms with van der Waals surface area (Å²) in [5, 5.41) is 0.0719. The summed E-state index contributed by atoms with van der Waals surface area (Å²) in [5.74, 6) is 0. The summed E-state index contributed by atoms with van der Waals surface area (Å²) in [6.45, 7) is 0. The van der Waals surface area contributed by atoms with Crippen molar-refractivity contribution in [2.75, 3.05) is 0 Å². The molecule has 0 fully saturated rings. The van der Waals surface area contributed by atoms with Gasteiger partial charge in [-0.2, -0.15) is 13.2 Å².